The number of rotatable bonds is 7. The Hall–Kier alpha value is -1.36. The largest absolute Gasteiger partial charge is 0.459 e. The lowest BCUT2D eigenvalue weighted by molar-refractivity contribution is -0.151. The van der Waals surface area contributed by atoms with E-state index in [0.29, 0.717) is 13.2 Å². The van der Waals surface area contributed by atoms with Gasteiger partial charge in [0.2, 0.25) is 0 Å². The molecule has 22 heavy (non-hydrogen) atoms. The van der Waals surface area contributed by atoms with Gasteiger partial charge in [-0.2, -0.15) is 0 Å². The summed E-state index contributed by atoms with van der Waals surface area (Å²) in [6, 6.07) is 10.4. The molecule has 0 amide bonds. The Morgan fingerprint density at radius 3 is 2.68 bits per heavy atom. The molecule has 1 atom stereocenters. The predicted molar refractivity (Wildman–Crippen MR) is 86.8 cm³/mol. The van der Waals surface area contributed by atoms with Gasteiger partial charge >= 0.3 is 0 Å². The molecular weight excluding hydrogens is 278 g/mol. The van der Waals surface area contributed by atoms with Crippen LogP contribution in [0.4, 0.5) is 0 Å². The zero-order valence-corrected chi connectivity index (χ0v) is 13.4. The van der Waals surface area contributed by atoms with Crippen molar-refractivity contribution in [3.63, 3.8) is 0 Å². The van der Waals surface area contributed by atoms with Gasteiger partial charge in [0.15, 0.2) is 0 Å². The summed E-state index contributed by atoms with van der Waals surface area (Å²) in [6.07, 6.45) is 1.08. The van der Waals surface area contributed by atoms with Gasteiger partial charge in [-0.3, -0.25) is 4.90 Å². The second-order valence-electron chi connectivity index (χ2n) is 6.48. The summed E-state index contributed by atoms with van der Waals surface area (Å²) in [4.78, 5) is 2.40. The van der Waals surface area contributed by atoms with E-state index in [1.807, 2.05) is 18.2 Å². The van der Waals surface area contributed by atoms with Crippen LogP contribution in [-0.4, -0.2) is 42.9 Å². The summed E-state index contributed by atoms with van der Waals surface area (Å²) in [5.41, 5.74) is 0.833. The lowest BCUT2D eigenvalue weighted by atomic mass is 9.86. The third-order valence-electron chi connectivity index (χ3n) is 4.61. The Bertz CT molecular complexity index is 579. The summed E-state index contributed by atoms with van der Waals surface area (Å²) in [5, 5.41) is 10.8. The normalized spacial score (nSPS) is 18.5. The minimum atomic E-state index is -0.102. The molecule has 4 heteroatoms. The van der Waals surface area contributed by atoms with Gasteiger partial charge in [0, 0.05) is 11.9 Å². The number of furan rings is 1. The Balaban J connectivity index is 1.80. The van der Waals surface area contributed by atoms with Crippen LogP contribution in [0.15, 0.2) is 34.7 Å². The molecule has 1 saturated heterocycles. The predicted octanol–water partition coefficient (Wildman–Crippen LogP) is 3.21. The third kappa shape index (κ3) is 2.91. The lowest BCUT2D eigenvalue weighted by Gasteiger charge is -2.44. The number of aliphatic hydroxyl groups excluding tert-OH is 1. The fourth-order valence-corrected chi connectivity index (χ4v) is 3.14. The molecule has 1 aromatic heterocycles. The summed E-state index contributed by atoms with van der Waals surface area (Å²) in [6.45, 7) is 7.67. The van der Waals surface area contributed by atoms with Crippen molar-refractivity contribution >= 4 is 11.0 Å². The quantitative estimate of drug-likeness (QED) is 0.853. The number of nitrogens with zero attached hydrogens (tertiary/aromatic N) is 1. The third-order valence-corrected chi connectivity index (χ3v) is 4.61. The molecule has 1 N–H and O–H groups in total. The second kappa shape index (κ2) is 6.41. The first-order valence-electron chi connectivity index (χ1n) is 8.08. The molecule has 1 aromatic carbocycles. The highest BCUT2D eigenvalue weighted by Gasteiger charge is 2.40. The molecule has 2 aromatic rings. The number of benzene rings is 1. The van der Waals surface area contributed by atoms with Gasteiger partial charge < -0.3 is 14.3 Å². The van der Waals surface area contributed by atoms with E-state index < -0.39 is 0 Å². The van der Waals surface area contributed by atoms with Gasteiger partial charge in [0.25, 0.3) is 0 Å². The Kier molecular flexibility index (Phi) is 4.52. The molecule has 120 valence electrons. The lowest BCUT2D eigenvalue weighted by Crippen LogP contribution is -2.53. The first-order valence-corrected chi connectivity index (χ1v) is 8.08. The summed E-state index contributed by atoms with van der Waals surface area (Å²) < 4.78 is 11.4. The molecule has 1 aliphatic heterocycles. The molecule has 0 aliphatic carbocycles. The van der Waals surface area contributed by atoms with Gasteiger partial charge in [0.1, 0.15) is 11.3 Å². The minimum absolute atomic E-state index is 0.102. The van der Waals surface area contributed by atoms with Crippen LogP contribution in [0.3, 0.4) is 0 Å². The Morgan fingerprint density at radius 1 is 1.32 bits per heavy atom. The fraction of sp³-hybridized carbons (Fsp3) is 0.556. The number of hydrogen-bond donors (Lipinski definition) is 1. The van der Waals surface area contributed by atoms with Crippen LogP contribution >= 0.6 is 0 Å². The van der Waals surface area contributed by atoms with Crippen LogP contribution in [0.1, 0.15) is 32.1 Å². The van der Waals surface area contributed by atoms with E-state index in [1.54, 1.807) is 0 Å². The van der Waals surface area contributed by atoms with Crippen molar-refractivity contribution in [2.45, 2.75) is 26.3 Å². The molecule has 1 unspecified atom stereocenters. The van der Waals surface area contributed by atoms with Gasteiger partial charge in [-0.25, -0.2) is 0 Å². The number of para-hydroxylation sites is 1. The smallest absolute Gasteiger partial charge is 0.134 e. The molecule has 0 spiro atoms. The fourth-order valence-electron chi connectivity index (χ4n) is 3.14. The molecule has 3 rings (SSSR count). The van der Waals surface area contributed by atoms with Crippen molar-refractivity contribution in [1.29, 1.82) is 0 Å². The molecule has 0 radical (unpaired) electrons. The van der Waals surface area contributed by atoms with Crippen LogP contribution in [0.2, 0.25) is 0 Å². The maximum atomic E-state index is 9.69. The van der Waals surface area contributed by atoms with E-state index in [9.17, 15) is 5.11 Å². The van der Waals surface area contributed by atoms with Crippen molar-refractivity contribution < 1.29 is 14.3 Å². The SMILES string of the molecule is CCCN(CC1(CO)COC1)C(C)c1cc2ccccc2o1. The van der Waals surface area contributed by atoms with Gasteiger partial charge in [-0.15, -0.1) is 0 Å². The highest BCUT2D eigenvalue weighted by Crippen LogP contribution is 2.33. The topological polar surface area (TPSA) is 45.8 Å². The highest BCUT2D eigenvalue weighted by atomic mass is 16.5. The summed E-state index contributed by atoms with van der Waals surface area (Å²) in [7, 11) is 0. The first kappa shape index (κ1) is 15.5. The molecule has 1 aliphatic rings. The van der Waals surface area contributed by atoms with Crippen LogP contribution in [0.25, 0.3) is 11.0 Å². The van der Waals surface area contributed by atoms with E-state index in [4.69, 9.17) is 9.15 Å². The van der Waals surface area contributed by atoms with Crippen molar-refractivity contribution in [2.24, 2.45) is 5.41 Å². The van der Waals surface area contributed by atoms with E-state index in [2.05, 4.69) is 30.9 Å². The van der Waals surface area contributed by atoms with E-state index in [0.717, 1.165) is 36.2 Å². The average molecular weight is 303 g/mol. The molecular formula is C18H25NO3. The van der Waals surface area contributed by atoms with Crippen LogP contribution in [-0.2, 0) is 4.74 Å². The van der Waals surface area contributed by atoms with E-state index in [-0.39, 0.29) is 18.1 Å². The zero-order chi connectivity index (χ0) is 15.6. The molecule has 4 nitrogen and oxygen atoms in total. The number of fused-ring (bicyclic) bond motifs is 1. The van der Waals surface area contributed by atoms with E-state index >= 15 is 0 Å². The Morgan fingerprint density at radius 2 is 2.09 bits per heavy atom. The molecule has 0 bridgehead atoms. The van der Waals surface area contributed by atoms with Gasteiger partial charge in [0.05, 0.1) is 31.3 Å². The molecule has 2 heterocycles. The van der Waals surface area contributed by atoms with Gasteiger partial charge in [-0.05, 0) is 32.0 Å². The minimum Gasteiger partial charge on any atom is -0.459 e. The number of ether oxygens (including phenoxy) is 1. The molecule has 0 saturated carbocycles. The van der Waals surface area contributed by atoms with Gasteiger partial charge in [-0.1, -0.05) is 25.1 Å². The van der Waals surface area contributed by atoms with Crippen molar-refractivity contribution in [3.8, 4) is 0 Å². The average Bonchev–Trinajstić information content (AvgIpc) is 2.93. The van der Waals surface area contributed by atoms with Crippen LogP contribution in [0, 0.1) is 5.41 Å². The Labute approximate surface area is 131 Å². The maximum Gasteiger partial charge on any atom is 0.134 e. The molecule has 1 fully saturated rings. The van der Waals surface area contributed by atoms with Crippen molar-refractivity contribution in [1.82, 2.24) is 4.90 Å². The van der Waals surface area contributed by atoms with Crippen LogP contribution < -0.4 is 0 Å². The first-order chi connectivity index (χ1) is 10.7. The van der Waals surface area contributed by atoms with Crippen LogP contribution in [0.5, 0.6) is 0 Å². The number of hydrogen-bond acceptors (Lipinski definition) is 4. The maximum absolute atomic E-state index is 9.69. The second-order valence-corrected chi connectivity index (χ2v) is 6.48. The summed E-state index contributed by atoms with van der Waals surface area (Å²) in [5.74, 6) is 0.989. The zero-order valence-electron chi connectivity index (χ0n) is 13.4. The monoisotopic (exact) mass is 303 g/mol. The highest BCUT2D eigenvalue weighted by molar-refractivity contribution is 5.77. The number of aliphatic hydroxyl groups is 1. The van der Waals surface area contributed by atoms with Crippen molar-refractivity contribution in [2.75, 3.05) is 32.9 Å². The summed E-state index contributed by atoms with van der Waals surface area (Å²) >= 11 is 0. The van der Waals surface area contributed by atoms with E-state index in [1.165, 1.54) is 0 Å². The standard InChI is InChI=1S/C18H25NO3/c1-3-8-19(10-18(11-20)12-21-13-18)14(2)17-9-15-6-4-5-7-16(15)22-17/h4-7,9,14,20H,3,8,10-13H2,1-2H3. The van der Waals surface area contributed by atoms with Crippen molar-refractivity contribution in [3.05, 3.63) is 36.1 Å².